The smallest absolute Gasteiger partial charge is 0.0280 e. The van der Waals surface area contributed by atoms with Crippen molar-refractivity contribution < 1.29 is 0 Å². The van der Waals surface area contributed by atoms with E-state index in [9.17, 15) is 0 Å². The monoisotopic (exact) mass is 238 g/mol. The van der Waals surface area contributed by atoms with E-state index >= 15 is 0 Å². The molecular formula is C15H30N2. The fraction of sp³-hybridized carbons (Fsp3) is 1.00. The van der Waals surface area contributed by atoms with Crippen LogP contribution in [0, 0.1) is 5.41 Å². The highest BCUT2D eigenvalue weighted by Gasteiger charge is 2.38. The average molecular weight is 238 g/mol. The van der Waals surface area contributed by atoms with Gasteiger partial charge in [0.1, 0.15) is 0 Å². The summed E-state index contributed by atoms with van der Waals surface area (Å²) in [6.07, 6.45) is 7.15. The number of nitrogens with one attached hydrogen (secondary N) is 1. The predicted molar refractivity (Wildman–Crippen MR) is 74.3 cm³/mol. The third-order valence-corrected chi connectivity index (χ3v) is 4.55. The van der Waals surface area contributed by atoms with Crippen LogP contribution in [0.2, 0.25) is 0 Å². The lowest BCUT2D eigenvalue weighted by molar-refractivity contribution is 0.0351. The molecule has 2 heteroatoms. The molecule has 2 aliphatic rings. The molecule has 1 aliphatic heterocycles. The maximum atomic E-state index is 3.66. The van der Waals surface area contributed by atoms with Gasteiger partial charge >= 0.3 is 0 Å². The first-order chi connectivity index (χ1) is 7.91. The third-order valence-electron chi connectivity index (χ3n) is 4.55. The molecule has 0 radical (unpaired) electrons. The van der Waals surface area contributed by atoms with E-state index in [1.165, 1.54) is 38.6 Å². The van der Waals surface area contributed by atoms with Crippen molar-refractivity contribution in [3.63, 3.8) is 0 Å². The van der Waals surface area contributed by atoms with Crippen LogP contribution in [0.4, 0.5) is 0 Å². The van der Waals surface area contributed by atoms with Crippen LogP contribution in [-0.4, -0.2) is 36.1 Å². The number of rotatable bonds is 1. The molecule has 0 unspecified atom stereocenters. The Labute approximate surface area is 107 Å². The fourth-order valence-corrected chi connectivity index (χ4v) is 3.56. The van der Waals surface area contributed by atoms with Crippen LogP contribution in [0.15, 0.2) is 0 Å². The lowest BCUT2D eigenvalue weighted by atomic mass is 9.87. The quantitative estimate of drug-likeness (QED) is 0.755. The first-order valence-corrected chi connectivity index (χ1v) is 7.38. The van der Waals surface area contributed by atoms with Gasteiger partial charge in [0.25, 0.3) is 0 Å². The summed E-state index contributed by atoms with van der Waals surface area (Å²) in [6, 6.07) is 0.831. The predicted octanol–water partition coefficient (Wildman–Crippen LogP) is 3.03. The van der Waals surface area contributed by atoms with Gasteiger partial charge in [-0.15, -0.1) is 0 Å². The SMILES string of the molecule is CC1(C)CNCC(C)(C)N(C2CCCCC2)C1. The average Bonchev–Trinajstić information content (AvgIpc) is 2.36. The van der Waals surface area contributed by atoms with Crippen molar-refractivity contribution in [2.24, 2.45) is 5.41 Å². The summed E-state index contributed by atoms with van der Waals surface area (Å²) in [7, 11) is 0. The highest BCUT2D eigenvalue weighted by molar-refractivity contribution is 4.95. The third kappa shape index (κ3) is 3.23. The molecule has 1 aliphatic carbocycles. The summed E-state index contributed by atoms with van der Waals surface area (Å²) in [4.78, 5) is 2.81. The maximum Gasteiger partial charge on any atom is 0.0280 e. The summed E-state index contributed by atoms with van der Waals surface area (Å²) in [5.74, 6) is 0. The van der Waals surface area contributed by atoms with Gasteiger partial charge in [0.05, 0.1) is 0 Å². The molecule has 1 heterocycles. The molecule has 1 saturated heterocycles. The van der Waals surface area contributed by atoms with Crippen molar-refractivity contribution in [2.75, 3.05) is 19.6 Å². The van der Waals surface area contributed by atoms with Gasteiger partial charge in [-0.3, -0.25) is 4.90 Å². The number of hydrogen-bond acceptors (Lipinski definition) is 2. The van der Waals surface area contributed by atoms with E-state index in [2.05, 4.69) is 37.9 Å². The Morgan fingerprint density at radius 2 is 1.59 bits per heavy atom. The lowest BCUT2D eigenvalue weighted by Crippen LogP contribution is -2.54. The zero-order valence-corrected chi connectivity index (χ0v) is 12.2. The molecule has 0 amide bonds. The highest BCUT2D eigenvalue weighted by Crippen LogP contribution is 2.33. The second-order valence-corrected chi connectivity index (χ2v) is 7.50. The van der Waals surface area contributed by atoms with Crippen molar-refractivity contribution in [2.45, 2.75) is 71.4 Å². The zero-order valence-electron chi connectivity index (χ0n) is 12.2. The second-order valence-electron chi connectivity index (χ2n) is 7.50. The molecule has 2 rings (SSSR count). The largest absolute Gasteiger partial charge is 0.314 e. The fourth-order valence-electron chi connectivity index (χ4n) is 3.56. The molecule has 0 spiro atoms. The van der Waals surface area contributed by atoms with Crippen LogP contribution >= 0.6 is 0 Å². The van der Waals surface area contributed by atoms with Crippen LogP contribution in [0.1, 0.15) is 59.8 Å². The van der Waals surface area contributed by atoms with E-state index in [0.717, 1.165) is 19.1 Å². The summed E-state index contributed by atoms with van der Waals surface area (Å²) >= 11 is 0. The standard InChI is InChI=1S/C15H30N2/c1-14(2)10-16-11-15(3,4)17(12-14)13-8-6-5-7-9-13/h13,16H,5-12H2,1-4H3. The molecule has 0 aromatic rings. The van der Waals surface area contributed by atoms with Gasteiger partial charge < -0.3 is 5.32 Å². The maximum absolute atomic E-state index is 3.66. The minimum absolute atomic E-state index is 0.315. The molecule has 17 heavy (non-hydrogen) atoms. The molecular weight excluding hydrogens is 208 g/mol. The van der Waals surface area contributed by atoms with Crippen LogP contribution in [-0.2, 0) is 0 Å². The van der Waals surface area contributed by atoms with Crippen molar-refractivity contribution in [1.29, 1.82) is 0 Å². The normalized spacial score (nSPS) is 31.1. The molecule has 0 bridgehead atoms. The molecule has 0 aromatic heterocycles. The van der Waals surface area contributed by atoms with Gasteiger partial charge in [0, 0.05) is 31.2 Å². The van der Waals surface area contributed by atoms with Crippen molar-refractivity contribution >= 4 is 0 Å². The van der Waals surface area contributed by atoms with Gasteiger partial charge in [-0.1, -0.05) is 33.1 Å². The lowest BCUT2D eigenvalue weighted by Gasteiger charge is -2.46. The van der Waals surface area contributed by atoms with Crippen molar-refractivity contribution in [1.82, 2.24) is 10.2 Å². The summed E-state index contributed by atoms with van der Waals surface area (Å²) in [5.41, 5.74) is 0.723. The van der Waals surface area contributed by atoms with Crippen LogP contribution < -0.4 is 5.32 Å². The topological polar surface area (TPSA) is 15.3 Å². The molecule has 0 atom stereocenters. The molecule has 2 nitrogen and oxygen atoms in total. The first-order valence-electron chi connectivity index (χ1n) is 7.38. The molecule has 100 valence electrons. The van der Waals surface area contributed by atoms with Crippen LogP contribution in [0.25, 0.3) is 0 Å². The first kappa shape index (κ1) is 13.4. The van der Waals surface area contributed by atoms with E-state index < -0.39 is 0 Å². The van der Waals surface area contributed by atoms with Crippen LogP contribution in [0.3, 0.4) is 0 Å². The molecule has 1 N–H and O–H groups in total. The molecule has 1 saturated carbocycles. The van der Waals surface area contributed by atoms with Gasteiger partial charge in [0.15, 0.2) is 0 Å². The number of hydrogen-bond donors (Lipinski definition) is 1. The summed E-state index contributed by atoms with van der Waals surface area (Å²) < 4.78 is 0. The van der Waals surface area contributed by atoms with E-state index in [4.69, 9.17) is 0 Å². The van der Waals surface area contributed by atoms with Gasteiger partial charge in [-0.2, -0.15) is 0 Å². The molecule has 2 fully saturated rings. The molecule has 0 aromatic carbocycles. The number of nitrogens with zero attached hydrogens (tertiary/aromatic N) is 1. The highest BCUT2D eigenvalue weighted by atomic mass is 15.3. The zero-order chi connectivity index (χ0) is 12.5. The Morgan fingerprint density at radius 1 is 0.941 bits per heavy atom. The Hall–Kier alpha value is -0.0800. The Kier molecular flexibility index (Phi) is 3.84. The van der Waals surface area contributed by atoms with Gasteiger partial charge in [0.2, 0.25) is 0 Å². The van der Waals surface area contributed by atoms with E-state index in [1.54, 1.807) is 0 Å². The van der Waals surface area contributed by atoms with Crippen molar-refractivity contribution in [3.8, 4) is 0 Å². The second kappa shape index (κ2) is 4.89. The van der Waals surface area contributed by atoms with E-state index in [1.807, 2.05) is 0 Å². The van der Waals surface area contributed by atoms with Crippen molar-refractivity contribution in [3.05, 3.63) is 0 Å². The minimum atomic E-state index is 0.315. The van der Waals surface area contributed by atoms with Gasteiger partial charge in [-0.25, -0.2) is 0 Å². The summed E-state index contributed by atoms with van der Waals surface area (Å²) in [5, 5.41) is 3.66. The Balaban J connectivity index is 2.13. The minimum Gasteiger partial charge on any atom is -0.314 e. The van der Waals surface area contributed by atoms with E-state index in [0.29, 0.717) is 11.0 Å². The summed E-state index contributed by atoms with van der Waals surface area (Å²) in [6.45, 7) is 13.2. The van der Waals surface area contributed by atoms with Gasteiger partial charge in [-0.05, 0) is 32.1 Å². The van der Waals surface area contributed by atoms with E-state index in [-0.39, 0.29) is 0 Å². The Bertz CT molecular complexity index is 252. The Morgan fingerprint density at radius 3 is 2.24 bits per heavy atom. The van der Waals surface area contributed by atoms with Crippen LogP contribution in [0.5, 0.6) is 0 Å².